The number of hydrogen-bond donors (Lipinski definition) is 1. The third-order valence-corrected chi connectivity index (χ3v) is 4.43. The van der Waals surface area contributed by atoms with Gasteiger partial charge in [-0.3, -0.25) is 4.79 Å². The van der Waals surface area contributed by atoms with Crippen molar-refractivity contribution in [3.05, 3.63) is 35.9 Å². The summed E-state index contributed by atoms with van der Waals surface area (Å²) in [5.41, 5.74) is 0.118. The second-order valence-electron chi connectivity index (χ2n) is 5.45. The molecule has 1 saturated carbocycles. The highest BCUT2D eigenvalue weighted by molar-refractivity contribution is 5.73. The fraction of sp³-hybridized carbons (Fsp3) is 0.562. The summed E-state index contributed by atoms with van der Waals surface area (Å²) in [6.07, 6.45) is 3.63. The summed E-state index contributed by atoms with van der Waals surface area (Å²) in [4.78, 5) is 11.8. The monoisotopic (exact) mass is 262 g/mol. The van der Waals surface area contributed by atoms with Crippen LogP contribution in [0.4, 0.5) is 0 Å². The van der Waals surface area contributed by atoms with Gasteiger partial charge in [-0.15, -0.1) is 0 Å². The number of carbonyl (C=O) groups excluding carboxylic acids is 1. The predicted octanol–water partition coefficient (Wildman–Crippen LogP) is 2.88. The van der Waals surface area contributed by atoms with E-state index < -0.39 is 11.5 Å². The first-order valence-electron chi connectivity index (χ1n) is 6.94. The highest BCUT2D eigenvalue weighted by Gasteiger charge is 2.47. The number of esters is 1. The Bertz CT molecular complexity index is 429. The molecule has 1 N–H and O–H groups in total. The van der Waals surface area contributed by atoms with E-state index in [2.05, 4.69) is 0 Å². The van der Waals surface area contributed by atoms with E-state index >= 15 is 0 Å². The van der Waals surface area contributed by atoms with Gasteiger partial charge in [-0.05, 0) is 25.3 Å². The first kappa shape index (κ1) is 14.1. The zero-order valence-corrected chi connectivity index (χ0v) is 11.6. The Morgan fingerprint density at radius 2 is 2.05 bits per heavy atom. The third-order valence-electron chi connectivity index (χ3n) is 4.43. The molecule has 1 aromatic rings. The van der Waals surface area contributed by atoms with Crippen LogP contribution in [0.5, 0.6) is 0 Å². The molecule has 3 unspecified atom stereocenters. The van der Waals surface area contributed by atoms with Crippen LogP contribution in [0.3, 0.4) is 0 Å². The lowest BCUT2D eigenvalue weighted by atomic mass is 9.66. The fourth-order valence-electron chi connectivity index (χ4n) is 3.22. The van der Waals surface area contributed by atoms with Gasteiger partial charge in [0.05, 0.1) is 18.6 Å². The molecule has 1 aliphatic carbocycles. The molecular formula is C16H22O3. The van der Waals surface area contributed by atoms with Crippen LogP contribution in [0.1, 0.15) is 44.1 Å². The molecule has 3 atom stereocenters. The van der Waals surface area contributed by atoms with E-state index in [-0.39, 0.29) is 11.9 Å². The second-order valence-corrected chi connectivity index (χ2v) is 5.45. The maximum absolute atomic E-state index is 11.8. The topological polar surface area (TPSA) is 46.5 Å². The molecule has 2 rings (SSSR count). The van der Waals surface area contributed by atoms with Crippen LogP contribution in [-0.4, -0.2) is 23.8 Å². The molecule has 0 aromatic heterocycles. The smallest absolute Gasteiger partial charge is 0.311 e. The summed E-state index contributed by atoms with van der Waals surface area (Å²) in [5, 5.41) is 11.1. The van der Waals surface area contributed by atoms with Gasteiger partial charge in [0.15, 0.2) is 0 Å². The first-order chi connectivity index (χ1) is 9.09. The zero-order valence-electron chi connectivity index (χ0n) is 11.6. The van der Waals surface area contributed by atoms with Crippen LogP contribution < -0.4 is 0 Å². The Morgan fingerprint density at radius 1 is 1.37 bits per heavy atom. The van der Waals surface area contributed by atoms with Crippen LogP contribution in [0.25, 0.3) is 0 Å². The SMILES string of the molecule is COC(=O)C(C)C1(O)CCCCC1c1ccccc1. The van der Waals surface area contributed by atoms with Crippen LogP contribution in [0, 0.1) is 5.92 Å². The summed E-state index contributed by atoms with van der Waals surface area (Å²) in [6.45, 7) is 1.77. The lowest BCUT2D eigenvalue weighted by Crippen LogP contribution is -2.48. The molecule has 1 aromatic carbocycles. The molecule has 1 aliphatic rings. The number of ether oxygens (including phenoxy) is 1. The average Bonchev–Trinajstić information content (AvgIpc) is 2.47. The van der Waals surface area contributed by atoms with E-state index in [9.17, 15) is 9.90 Å². The van der Waals surface area contributed by atoms with E-state index in [0.29, 0.717) is 6.42 Å². The van der Waals surface area contributed by atoms with Gasteiger partial charge in [-0.2, -0.15) is 0 Å². The molecule has 3 heteroatoms. The predicted molar refractivity (Wildman–Crippen MR) is 73.8 cm³/mol. The Balaban J connectivity index is 2.32. The minimum atomic E-state index is -0.993. The number of carbonyl (C=O) groups is 1. The van der Waals surface area contributed by atoms with E-state index in [0.717, 1.165) is 24.8 Å². The molecule has 0 bridgehead atoms. The van der Waals surface area contributed by atoms with Crippen LogP contribution in [0.2, 0.25) is 0 Å². The number of methoxy groups -OCH3 is 1. The molecule has 0 heterocycles. The standard InChI is InChI=1S/C16H22O3/c1-12(15(17)19-2)16(18)11-7-6-10-14(16)13-8-4-3-5-9-13/h3-5,8-9,12,14,18H,6-7,10-11H2,1-2H3. The largest absolute Gasteiger partial charge is 0.469 e. The number of hydrogen-bond acceptors (Lipinski definition) is 3. The van der Waals surface area contributed by atoms with Gasteiger partial charge < -0.3 is 9.84 Å². The van der Waals surface area contributed by atoms with E-state index in [1.54, 1.807) is 6.92 Å². The van der Waals surface area contributed by atoms with Gasteiger partial charge >= 0.3 is 5.97 Å². The van der Waals surface area contributed by atoms with Gasteiger partial charge in [0.1, 0.15) is 0 Å². The van der Waals surface area contributed by atoms with Crippen molar-refractivity contribution < 1.29 is 14.6 Å². The molecule has 0 saturated heterocycles. The van der Waals surface area contributed by atoms with Crippen LogP contribution in [0.15, 0.2) is 30.3 Å². The van der Waals surface area contributed by atoms with Crippen molar-refractivity contribution >= 4 is 5.97 Å². The fourth-order valence-corrected chi connectivity index (χ4v) is 3.22. The molecule has 3 nitrogen and oxygen atoms in total. The summed E-state index contributed by atoms with van der Waals surface area (Å²) in [5.74, 6) is -0.815. The molecule has 104 valence electrons. The molecule has 0 aliphatic heterocycles. The summed E-state index contributed by atoms with van der Waals surface area (Å²) < 4.78 is 4.82. The zero-order chi connectivity index (χ0) is 13.9. The number of aliphatic hydroxyl groups is 1. The van der Waals surface area contributed by atoms with Crippen molar-refractivity contribution in [3.8, 4) is 0 Å². The highest BCUT2D eigenvalue weighted by atomic mass is 16.5. The molecule has 1 fully saturated rings. The highest BCUT2D eigenvalue weighted by Crippen LogP contribution is 2.45. The summed E-state index contributed by atoms with van der Waals surface area (Å²) >= 11 is 0. The maximum Gasteiger partial charge on any atom is 0.311 e. The van der Waals surface area contributed by atoms with Gasteiger partial charge in [-0.1, -0.05) is 43.2 Å². The van der Waals surface area contributed by atoms with Gasteiger partial charge in [0.25, 0.3) is 0 Å². The lowest BCUT2D eigenvalue weighted by molar-refractivity contribution is -0.159. The van der Waals surface area contributed by atoms with Crippen LogP contribution >= 0.6 is 0 Å². The van der Waals surface area contributed by atoms with Crippen molar-refractivity contribution in [3.63, 3.8) is 0 Å². The molecule has 0 radical (unpaired) electrons. The van der Waals surface area contributed by atoms with Gasteiger partial charge in [0, 0.05) is 5.92 Å². The number of benzene rings is 1. The Kier molecular flexibility index (Phi) is 4.25. The van der Waals surface area contributed by atoms with Crippen molar-refractivity contribution in [1.82, 2.24) is 0 Å². The minimum absolute atomic E-state index is 0.0107. The lowest BCUT2D eigenvalue weighted by Gasteiger charge is -2.43. The minimum Gasteiger partial charge on any atom is -0.469 e. The summed E-state index contributed by atoms with van der Waals surface area (Å²) in [6, 6.07) is 9.99. The molecular weight excluding hydrogens is 240 g/mol. The maximum atomic E-state index is 11.8. The molecule has 0 amide bonds. The van der Waals surface area contributed by atoms with Gasteiger partial charge in [0.2, 0.25) is 0 Å². The second kappa shape index (κ2) is 5.74. The quantitative estimate of drug-likeness (QED) is 0.852. The van der Waals surface area contributed by atoms with Gasteiger partial charge in [-0.25, -0.2) is 0 Å². The average molecular weight is 262 g/mol. The van der Waals surface area contributed by atoms with Crippen molar-refractivity contribution in [2.24, 2.45) is 5.92 Å². The first-order valence-corrected chi connectivity index (χ1v) is 6.94. The summed E-state index contributed by atoms with van der Waals surface area (Å²) in [7, 11) is 1.38. The normalized spacial score (nSPS) is 28.7. The number of rotatable bonds is 3. The van der Waals surface area contributed by atoms with E-state index in [4.69, 9.17) is 4.74 Å². The van der Waals surface area contributed by atoms with Crippen molar-refractivity contribution in [2.75, 3.05) is 7.11 Å². The van der Waals surface area contributed by atoms with E-state index in [1.165, 1.54) is 7.11 Å². The van der Waals surface area contributed by atoms with Crippen molar-refractivity contribution in [1.29, 1.82) is 0 Å². The third kappa shape index (κ3) is 2.66. The van der Waals surface area contributed by atoms with E-state index in [1.807, 2.05) is 30.3 Å². The van der Waals surface area contributed by atoms with Crippen molar-refractivity contribution in [2.45, 2.75) is 44.1 Å². The molecule has 0 spiro atoms. The van der Waals surface area contributed by atoms with Crippen LogP contribution in [-0.2, 0) is 9.53 Å². The Morgan fingerprint density at radius 3 is 2.68 bits per heavy atom. The Labute approximate surface area is 114 Å². The Hall–Kier alpha value is -1.35. The molecule has 19 heavy (non-hydrogen) atoms.